The fourth-order valence-corrected chi connectivity index (χ4v) is 2.45. The number of hydrogen-bond donors (Lipinski definition) is 1. The van der Waals surface area contributed by atoms with Crippen LogP contribution in [0.1, 0.15) is 0 Å². The van der Waals surface area contributed by atoms with Crippen LogP contribution < -0.4 is 4.74 Å². The molecule has 0 bridgehead atoms. The number of halogens is 1. The van der Waals surface area contributed by atoms with Crippen LogP contribution >= 0.6 is 12.2 Å². The van der Waals surface area contributed by atoms with E-state index in [4.69, 9.17) is 17.0 Å². The van der Waals surface area contributed by atoms with Crippen molar-refractivity contribution in [3.8, 4) is 22.7 Å². The normalized spacial score (nSPS) is 10.6. The number of H-pyrrole nitrogens is 1. The second-order valence-corrected chi connectivity index (χ2v) is 4.91. The van der Waals surface area contributed by atoms with E-state index in [-0.39, 0.29) is 5.82 Å². The topological polar surface area (TPSA) is 29.9 Å². The van der Waals surface area contributed by atoms with Gasteiger partial charge in [-0.2, -0.15) is 0 Å². The maximum Gasteiger partial charge on any atom is 0.182 e. The van der Waals surface area contributed by atoms with E-state index >= 15 is 0 Å². The van der Waals surface area contributed by atoms with Gasteiger partial charge in [-0.05, 0) is 60.7 Å². The first kappa shape index (κ1) is 13.6. The van der Waals surface area contributed by atoms with E-state index in [9.17, 15) is 4.39 Å². The Kier molecular flexibility index (Phi) is 3.58. The van der Waals surface area contributed by atoms with Crippen molar-refractivity contribution in [2.24, 2.45) is 0 Å². The lowest BCUT2D eigenvalue weighted by atomic mass is 10.1. The van der Waals surface area contributed by atoms with Crippen molar-refractivity contribution in [3.63, 3.8) is 0 Å². The Bertz CT molecular complexity index is 804. The number of rotatable bonds is 3. The minimum absolute atomic E-state index is 0.271. The summed E-state index contributed by atoms with van der Waals surface area (Å²) in [5, 5.41) is 0. The minimum atomic E-state index is -0.271. The van der Waals surface area contributed by atoms with E-state index in [1.54, 1.807) is 19.2 Å². The summed E-state index contributed by atoms with van der Waals surface area (Å²) >= 11 is 5.33. The molecule has 5 heteroatoms. The average Bonchev–Trinajstić information content (AvgIpc) is 2.90. The molecule has 0 unspecified atom stereocenters. The Morgan fingerprint density at radius 1 is 1.05 bits per heavy atom. The van der Waals surface area contributed by atoms with E-state index < -0.39 is 0 Å². The first-order valence-electron chi connectivity index (χ1n) is 6.40. The Balaban J connectivity index is 2.11. The molecule has 0 spiro atoms. The second-order valence-electron chi connectivity index (χ2n) is 4.52. The van der Waals surface area contributed by atoms with Gasteiger partial charge in [0.15, 0.2) is 4.77 Å². The van der Waals surface area contributed by atoms with Crippen molar-refractivity contribution >= 4 is 12.2 Å². The summed E-state index contributed by atoms with van der Waals surface area (Å²) in [5.41, 5.74) is 2.72. The van der Waals surface area contributed by atoms with E-state index in [0.29, 0.717) is 4.77 Å². The van der Waals surface area contributed by atoms with Gasteiger partial charge in [0, 0.05) is 17.4 Å². The number of aromatic amines is 1. The molecule has 2 aromatic carbocycles. The number of ether oxygens (including phenoxy) is 1. The van der Waals surface area contributed by atoms with Crippen LogP contribution in [-0.4, -0.2) is 16.7 Å². The maximum absolute atomic E-state index is 13.1. The molecule has 0 aliphatic rings. The molecule has 0 fully saturated rings. The van der Waals surface area contributed by atoms with Gasteiger partial charge in [-0.15, -0.1) is 0 Å². The van der Waals surface area contributed by atoms with E-state index in [2.05, 4.69) is 4.98 Å². The van der Waals surface area contributed by atoms with Crippen LogP contribution in [0.4, 0.5) is 4.39 Å². The highest BCUT2D eigenvalue weighted by Crippen LogP contribution is 2.25. The lowest BCUT2D eigenvalue weighted by Gasteiger charge is -2.09. The summed E-state index contributed by atoms with van der Waals surface area (Å²) in [6, 6.07) is 13.9. The van der Waals surface area contributed by atoms with Gasteiger partial charge in [0.1, 0.15) is 11.6 Å². The first-order chi connectivity index (χ1) is 10.2. The van der Waals surface area contributed by atoms with Crippen LogP contribution in [-0.2, 0) is 0 Å². The Morgan fingerprint density at radius 3 is 2.33 bits per heavy atom. The first-order valence-corrected chi connectivity index (χ1v) is 6.80. The summed E-state index contributed by atoms with van der Waals surface area (Å²) in [5.74, 6) is 0.521. The molecular weight excluding hydrogens is 287 g/mol. The van der Waals surface area contributed by atoms with Crippen LogP contribution in [0.15, 0.2) is 54.7 Å². The van der Waals surface area contributed by atoms with Crippen molar-refractivity contribution in [2.75, 3.05) is 7.11 Å². The average molecular weight is 300 g/mol. The van der Waals surface area contributed by atoms with Gasteiger partial charge in [-0.1, -0.05) is 0 Å². The van der Waals surface area contributed by atoms with Crippen LogP contribution in [0.3, 0.4) is 0 Å². The number of imidazole rings is 1. The molecule has 0 amide bonds. The van der Waals surface area contributed by atoms with Gasteiger partial charge >= 0.3 is 0 Å². The minimum Gasteiger partial charge on any atom is -0.497 e. The Hall–Kier alpha value is -2.40. The monoisotopic (exact) mass is 300 g/mol. The fourth-order valence-electron chi connectivity index (χ4n) is 2.19. The molecule has 1 heterocycles. The quantitative estimate of drug-likeness (QED) is 0.729. The smallest absolute Gasteiger partial charge is 0.182 e. The number of aromatic nitrogens is 2. The molecule has 1 N–H and O–H groups in total. The summed E-state index contributed by atoms with van der Waals surface area (Å²) in [6.07, 6.45) is 1.84. The van der Waals surface area contributed by atoms with Crippen LogP contribution in [0.25, 0.3) is 16.9 Å². The molecule has 3 nitrogen and oxygen atoms in total. The highest BCUT2D eigenvalue weighted by molar-refractivity contribution is 7.71. The van der Waals surface area contributed by atoms with Crippen LogP contribution in [0.2, 0.25) is 0 Å². The van der Waals surface area contributed by atoms with E-state index in [1.807, 2.05) is 35.0 Å². The van der Waals surface area contributed by atoms with Gasteiger partial charge in [0.05, 0.1) is 12.8 Å². The number of hydrogen-bond acceptors (Lipinski definition) is 2. The van der Waals surface area contributed by atoms with Crippen molar-refractivity contribution < 1.29 is 9.13 Å². The molecule has 1 aromatic heterocycles. The molecule has 3 rings (SSSR count). The van der Waals surface area contributed by atoms with Gasteiger partial charge in [0.25, 0.3) is 0 Å². The molecule has 3 aromatic rings. The number of nitrogens with one attached hydrogen (secondary N) is 1. The molecule has 0 saturated heterocycles. The van der Waals surface area contributed by atoms with Gasteiger partial charge < -0.3 is 9.72 Å². The highest BCUT2D eigenvalue weighted by atomic mass is 32.1. The lowest BCUT2D eigenvalue weighted by Crippen LogP contribution is -1.97. The lowest BCUT2D eigenvalue weighted by molar-refractivity contribution is 0.415. The van der Waals surface area contributed by atoms with Gasteiger partial charge in [-0.25, -0.2) is 4.39 Å². The van der Waals surface area contributed by atoms with Crippen LogP contribution in [0.5, 0.6) is 5.75 Å². The van der Waals surface area contributed by atoms with Gasteiger partial charge in [-0.3, -0.25) is 4.57 Å². The van der Waals surface area contributed by atoms with E-state index in [0.717, 1.165) is 22.7 Å². The number of benzene rings is 2. The molecule has 106 valence electrons. The zero-order valence-corrected chi connectivity index (χ0v) is 12.2. The van der Waals surface area contributed by atoms with Crippen molar-refractivity contribution in [1.29, 1.82) is 0 Å². The summed E-state index contributed by atoms with van der Waals surface area (Å²) in [6.45, 7) is 0. The molecule has 0 radical (unpaired) electrons. The Morgan fingerprint density at radius 2 is 1.71 bits per heavy atom. The SMILES string of the molecule is COc1ccc(-c2c[nH]c(=S)n2-c2ccc(F)cc2)cc1. The maximum atomic E-state index is 13.1. The molecule has 0 atom stereocenters. The fraction of sp³-hybridized carbons (Fsp3) is 0.0625. The largest absolute Gasteiger partial charge is 0.497 e. The van der Waals surface area contributed by atoms with Crippen molar-refractivity contribution in [2.45, 2.75) is 0 Å². The molecular formula is C16H13FN2OS. The van der Waals surface area contributed by atoms with Crippen molar-refractivity contribution in [1.82, 2.24) is 9.55 Å². The van der Waals surface area contributed by atoms with E-state index in [1.165, 1.54) is 12.1 Å². The molecule has 0 aliphatic carbocycles. The number of nitrogens with zero attached hydrogens (tertiary/aromatic N) is 1. The standard InChI is InChI=1S/C16H13FN2OS/c1-20-14-8-2-11(3-9-14)15-10-18-16(21)19(15)13-6-4-12(17)5-7-13/h2-10H,1H3,(H,18,21). The summed E-state index contributed by atoms with van der Waals surface area (Å²) in [4.78, 5) is 3.03. The van der Waals surface area contributed by atoms with Gasteiger partial charge in [0.2, 0.25) is 0 Å². The van der Waals surface area contributed by atoms with Crippen LogP contribution in [0, 0.1) is 10.6 Å². The summed E-state index contributed by atoms with van der Waals surface area (Å²) < 4.78 is 20.7. The third-order valence-corrected chi connectivity index (χ3v) is 3.55. The third kappa shape index (κ3) is 2.60. The summed E-state index contributed by atoms with van der Waals surface area (Å²) in [7, 11) is 1.63. The Labute approximate surface area is 126 Å². The molecule has 0 aliphatic heterocycles. The number of methoxy groups -OCH3 is 1. The highest BCUT2D eigenvalue weighted by Gasteiger charge is 2.09. The van der Waals surface area contributed by atoms with Crippen molar-refractivity contribution in [3.05, 3.63) is 65.3 Å². The second kappa shape index (κ2) is 5.54. The zero-order valence-electron chi connectivity index (χ0n) is 11.3. The molecule has 21 heavy (non-hydrogen) atoms. The predicted molar refractivity (Wildman–Crippen MR) is 82.9 cm³/mol. The third-order valence-electron chi connectivity index (χ3n) is 3.25. The zero-order chi connectivity index (χ0) is 14.8. The molecule has 0 saturated carbocycles. The predicted octanol–water partition coefficient (Wildman–Crippen LogP) is 4.35.